The molecule has 0 aliphatic rings. The van der Waals surface area contributed by atoms with Gasteiger partial charge in [0.1, 0.15) is 54.7 Å². The molecule has 294 valence electrons. The van der Waals surface area contributed by atoms with Gasteiger partial charge in [-0.3, -0.25) is 0 Å². The molecule has 0 saturated heterocycles. The van der Waals surface area contributed by atoms with Crippen molar-refractivity contribution in [3.05, 3.63) is 166 Å². The van der Waals surface area contributed by atoms with Crippen molar-refractivity contribution < 1.29 is 58.4 Å². The monoisotopic (exact) mass is 822 g/mol. The van der Waals surface area contributed by atoms with E-state index in [0.29, 0.717) is 33.9 Å². The van der Waals surface area contributed by atoms with Crippen molar-refractivity contribution in [2.24, 2.45) is 0 Å². The third-order valence-electron chi connectivity index (χ3n) is 7.81. The maximum atomic E-state index is 12.9. The van der Waals surface area contributed by atoms with E-state index in [4.69, 9.17) is 63.5 Å². The van der Waals surface area contributed by atoms with Crippen LogP contribution < -0.4 is 23.8 Å². The summed E-state index contributed by atoms with van der Waals surface area (Å²) in [5.74, 6) is -1.83. The van der Waals surface area contributed by atoms with Gasteiger partial charge in [-0.1, -0.05) is 78.2 Å². The zero-order valence-corrected chi connectivity index (χ0v) is 31.7. The third-order valence-corrected chi connectivity index (χ3v) is 8.40. The molecule has 0 aliphatic carbocycles. The largest absolute Gasteiger partial charge is 0.508 e. The number of carbonyl (C=O) groups excluding carboxylic acids is 1. The number of phenols is 1. The second kappa shape index (κ2) is 20.7. The molecule has 6 aromatic rings. The summed E-state index contributed by atoms with van der Waals surface area (Å²) in [4.78, 5) is 47.1. The lowest BCUT2D eigenvalue weighted by Crippen LogP contribution is -2.14. The van der Waals surface area contributed by atoms with Gasteiger partial charge in [0, 0.05) is 5.56 Å². The van der Waals surface area contributed by atoms with E-state index in [0.717, 1.165) is 6.07 Å². The number of terminal acetylenes is 1. The van der Waals surface area contributed by atoms with Crippen LogP contribution in [-0.4, -0.2) is 46.4 Å². The minimum atomic E-state index is -1.35. The fourth-order valence-electron chi connectivity index (χ4n) is 5.08. The first-order valence-electron chi connectivity index (χ1n) is 17.0. The molecule has 0 radical (unpaired) electrons. The maximum absolute atomic E-state index is 12.9. The fraction of sp³-hybridized carbons (Fsp3) is 0.0682. The fourth-order valence-corrected chi connectivity index (χ4v) is 5.52. The number of carboxylic acid groups (broad SMARTS) is 2. The Balaban J connectivity index is 0.000000826. The molecular weight excluding hydrogens is 791 g/mol. The van der Waals surface area contributed by atoms with Crippen LogP contribution in [0, 0.1) is 12.5 Å². The average Bonchev–Trinajstić information content (AvgIpc) is 3.21. The number of halogens is 2. The van der Waals surface area contributed by atoms with Crippen molar-refractivity contribution >= 4 is 41.1 Å². The van der Waals surface area contributed by atoms with Crippen molar-refractivity contribution in [2.75, 3.05) is 13.2 Å². The Hall–Kier alpha value is -7.17. The van der Waals surface area contributed by atoms with Crippen LogP contribution in [0.5, 0.6) is 34.5 Å². The van der Waals surface area contributed by atoms with Gasteiger partial charge in [0.15, 0.2) is 5.75 Å². The molecule has 6 rings (SSSR count). The maximum Gasteiger partial charge on any atom is 0.344 e. The first kappa shape index (κ1) is 42.0. The number of carboxylic acids is 2. The highest BCUT2D eigenvalue weighted by molar-refractivity contribution is 6.33. The highest BCUT2D eigenvalue weighted by atomic mass is 35.5. The molecule has 0 saturated carbocycles. The normalized spacial score (nSPS) is 10.2. The van der Waals surface area contributed by atoms with Gasteiger partial charge in [-0.15, -0.1) is 0 Å². The topological polar surface area (TPSA) is 167 Å². The van der Waals surface area contributed by atoms with Gasteiger partial charge in [-0.2, -0.15) is 4.89 Å². The molecule has 0 fully saturated rings. The van der Waals surface area contributed by atoms with Crippen LogP contribution in [-0.2, 0) is 11.5 Å². The second-order valence-electron chi connectivity index (χ2n) is 11.7. The van der Waals surface area contributed by atoms with Gasteiger partial charge in [0.05, 0.1) is 26.7 Å². The van der Waals surface area contributed by atoms with Crippen molar-refractivity contribution in [3.8, 4) is 58.2 Å². The summed E-state index contributed by atoms with van der Waals surface area (Å²) in [5, 5.41) is 28.0. The lowest BCUT2D eigenvalue weighted by Gasteiger charge is -2.13. The summed E-state index contributed by atoms with van der Waals surface area (Å²) in [6.45, 7) is 0.278. The number of phenolic OH excluding ortho intramolecular Hbond substituents is 1. The van der Waals surface area contributed by atoms with Crippen molar-refractivity contribution in [1.82, 2.24) is 0 Å². The first-order chi connectivity index (χ1) is 28.0. The molecule has 0 aliphatic heterocycles. The summed E-state index contributed by atoms with van der Waals surface area (Å²) in [6.07, 6.45) is 7.08. The Morgan fingerprint density at radius 1 is 0.603 bits per heavy atom. The molecule has 0 amide bonds. The van der Waals surface area contributed by atoms with Gasteiger partial charge >= 0.3 is 17.9 Å². The van der Waals surface area contributed by atoms with E-state index in [-0.39, 0.29) is 63.8 Å². The summed E-state index contributed by atoms with van der Waals surface area (Å²) in [6, 6.07) is 35.5. The van der Waals surface area contributed by atoms with Crippen LogP contribution in [0.25, 0.3) is 11.1 Å². The molecule has 12 nitrogen and oxygen atoms in total. The second-order valence-corrected chi connectivity index (χ2v) is 12.5. The predicted molar refractivity (Wildman–Crippen MR) is 214 cm³/mol. The van der Waals surface area contributed by atoms with Gasteiger partial charge < -0.3 is 39.2 Å². The summed E-state index contributed by atoms with van der Waals surface area (Å²) in [5.41, 5.74) is 0.927. The number of hydrogen-bond acceptors (Lipinski definition) is 10. The zero-order valence-electron chi connectivity index (χ0n) is 30.2. The van der Waals surface area contributed by atoms with Gasteiger partial charge in [-0.25, -0.2) is 14.4 Å². The van der Waals surface area contributed by atoms with Crippen LogP contribution in [0.4, 0.5) is 0 Å². The minimum absolute atomic E-state index is 0.00712. The summed E-state index contributed by atoms with van der Waals surface area (Å²) in [7, 11) is 0. The number of esters is 1. The standard InChI is InChI=1S/C38H26Cl2O11.C6H6O/c1-2-46-28-11-13-30(37(43)44)31(21-28)38(45)50-34-14-8-23(19-32(34)39)24-9-15-35(33(40)20-24)51-49-22-25-18-27(10-12-29(25)36(41)42)48-17-16-47-26-6-4-3-5-7-26;7-6-4-2-1-3-5-6/h1,3-15,18-21H,16-17,22H2,(H,41,42)(H,43,44);1-5,7H. The molecule has 0 spiro atoms. The number of hydrogen-bond donors (Lipinski definition) is 3. The number of para-hydroxylation sites is 2. The van der Waals surface area contributed by atoms with E-state index < -0.39 is 17.9 Å². The third kappa shape index (κ3) is 11.9. The van der Waals surface area contributed by atoms with Crippen LogP contribution in [0.3, 0.4) is 0 Å². The summed E-state index contributed by atoms with van der Waals surface area (Å²) >= 11 is 12.9. The quantitative estimate of drug-likeness (QED) is 0.0224. The zero-order chi connectivity index (χ0) is 41.4. The Morgan fingerprint density at radius 3 is 1.74 bits per heavy atom. The molecule has 6 aromatic carbocycles. The van der Waals surface area contributed by atoms with Crippen LogP contribution in [0.2, 0.25) is 10.0 Å². The number of rotatable bonds is 15. The number of aromatic carboxylic acids is 2. The van der Waals surface area contributed by atoms with E-state index >= 15 is 0 Å². The minimum Gasteiger partial charge on any atom is -0.508 e. The SMILES string of the molecule is C#COc1ccc(C(=O)O)c(C(=O)Oc2ccc(-c3ccc(OOCc4cc(OCCOc5ccccc5)ccc4C(=O)O)c(Cl)c3)cc2Cl)c1.Oc1ccccc1. The van der Waals surface area contributed by atoms with Crippen molar-refractivity contribution in [1.29, 1.82) is 0 Å². The van der Waals surface area contributed by atoms with Crippen LogP contribution in [0.1, 0.15) is 36.6 Å². The highest BCUT2D eigenvalue weighted by Crippen LogP contribution is 2.35. The van der Waals surface area contributed by atoms with Crippen molar-refractivity contribution in [2.45, 2.75) is 6.61 Å². The average molecular weight is 824 g/mol. The van der Waals surface area contributed by atoms with Crippen LogP contribution >= 0.6 is 23.2 Å². The van der Waals surface area contributed by atoms with E-state index in [1.165, 1.54) is 30.3 Å². The van der Waals surface area contributed by atoms with Gasteiger partial charge in [0.2, 0.25) is 0 Å². The van der Waals surface area contributed by atoms with Crippen LogP contribution in [0.15, 0.2) is 133 Å². The van der Waals surface area contributed by atoms with E-state index in [9.17, 15) is 24.6 Å². The molecule has 0 heterocycles. The Morgan fingerprint density at radius 2 is 1.17 bits per heavy atom. The number of ether oxygens (including phenoxy) is 4. The van der Waals surface area contributed by atoms with Gasteiger partial charge in [-0.05, 0) is 96.1 Å². The lowest BCUT2D eigenvalue weighted by molar-refractivity contribution is -0.217. The number of benzene rings is 6. The molecule has 0 aromatic heterocycles. The molecular formula is C44H32Cl2O12. The molecule has 0 unspecified atom stereocenters. The van der Waals surface area contributed by atoms with E-state index in [1.807, 2.05) is 42.5 Å². The number of carbonyl (C=O) groups is 3. The molecule has 14 heteroatoms. The van der Waals surface area contributed by atoms with E-state index in [1.54, 1.807) is 60.7 Å². The smallest absolute Gasteiger partial charge is 0.344 e. The lowest BCUT2D eigenvalue weighted by atomic mass is 10.1. The summed E-state index contributed by atoms with van der Waals surface area (Å²) < 4.78 is 21.6. The predicted octanol–water partition coefficient (Wildman–Crippen LogP) is 9.61. The Bertz CT molecular complexity index is 2410. The molecule has 3 N–H and O–H groups in total. The molecule has 58 heavy (non-hydrogen) atoms. The number of aromatic hydroxyl groups is 1. The molecule has 0 atom stereocenters. The molecule has 0 bridgehead atoms. The van der Waals surface area contributed by atoms with Crippen molar-refractivity contribution in [3.63, 3.8) is 0 Å². The van der Waals surface area contributed by atoms with Gasteiger partial charge in [0.25, 0.3) is 0 Å². The highest BCUT2D eigenvalue weighted by Gasteiger charge is 2.21. The Kier molecular flexibility index (Phi) is 15.0. The Labute approximate surface area is 342 Å². The van der Waals surface area contributed by atoms with E-state index in [2.05, 4.69) is 0 Å². The first-order valence-corrected chi connectivity index (χ1v) is 17.8.